The first-order valence-electron chi connectivity index (χ1n) is 11.2. The van der Waals surface area contributed by atoms with Gasteiger partial charge in [0.1, 0.15) is 6.04 Å². The van der Waals surface area contributed by atoms with Gasteiger partial charge < -0.3 is 0 Å². The maximum Gasteiger partial charge on any atom is 0.262 e. The number of halogens is 2. The lowest BCUT2D eigenvalue weighted by molar-refractivity contribution is -0.136. The largest absolute Gasteiger partial charge is 0.299 e. The number of imide groups is 2. The van der Waals surface area contributed by atoms with Gasteiger partial charge in [-0.05, 0) is 56.1 Å². The number of carbonyl (C=O) groups excluding carboxylic acids is 4. The summed E-state index contributed by atoms with van der Waals surface area (Å²) in [6, 6.07) is 5.96. The lowest BCUT2D eigenvalue weighted by Gasteiger charge is -2.32. The normalized spacial score (nSPS) is 21.7. The molecule has 0 saturated carbocycles. The number of likely N-dealkylation sites (tertiary alicyclic amines) is 1. The van der Waals surface area contributed by atoms with E-state index in [-0.39, 0.29) is 18.8 Å². The van der Waals surface area contributed by atoms with Gasteiger partial charge >= 0.3 is 0 Å². The van der Waals surface area contributed by atoms with Gasteiger partial charge in [0.25, 0.3) is 11.8 Å². The molecule has 176 valence electrons. The Kier molecular flexibility index (Phi) is 6.14. The quantitative estimate of drug-likeness (QED) is 0.647. The number of nitrogens with one attached hydrogen (secondary N) is 1. The predicted molar refractivity (Wildman–Crippen MR) is 125 cm³/mol. The van der Waals surface area contributed by atoms with Crippen LogP contribution in [0.2, 0.25) is 10.0 Å². The van der Waals surface area contributed by atoms with Gasteiger partial charge in [0.15, 0.2) is 0 Å². The molecule has 8 nitrogen and oxygen atoms in total. The van der Waals surface area contributed by atoms with Crippen LogP contribution in [0.5, 0.6) is 0 Å². The van der Waals surface area contributed by atoms with E-state index in [2.05, 4.69) is 15.2 Å². The first kappa shape index (κ1) is 23.0. The summed E-state index contributed by atoms with van der Waals surface area (Å²) in [4.78, 5) is 57.3. The minimum atomic E-state index is -0.959. The Hall–Kier alpha value is -2.81. The van der Waals surface area contributed by atoms with E-state index in [1.807, 2.05) is 6.07 Å². The molecule has 4 heterocycles. The molecule has 1 N–H and O–H groups in total. The topological polar surface area (TPSA) is 99.7 Å². The average molecular weight is 501 g/mol. The standard InChI is InChI=1S/C24H22Cl2N4O4/c25-17-5-8-27-21(20(17)26)14-6-9-29(10-7-14)12-13-1-2-15-16(11-13)24(34)30(23(15)33)18-3-4-19(31)28-22(18)32/h1-2,5,8,11,14,18H,3-4,6-7,9-10,12H2,(H,28,31,32). The van der Waals surface area contributed by atoms with E-state index in [1.54, 1.807) is 24.4 Å². The summed E-state index contributed by atoms with van der Waals surface area (Å²) in [6.45, 7) is 2.31. The summed E-state index contributed by atoms with van der Waals surface area (Å²) in [6.07, 6.45) is 3.69. The van der Waals surface area contributed by atoms with Crippen molar-refractivity contribution in [1.82, 2.24) is 20.1 Å². The third-order valence-corrected chi connectivity index (χ3v) is 7.56. The number of benzene rings is 1. The third-order valence-electron chi connectivity index (χ3n) is 6.75. The number of aromatic nitrogens is 1. The Balaban J connectivity index is 1.26. The number of nitrogens with zero attached hydrogens (tertiary/aromatic N) is 3. The molecule has 1 aromatic carbocycles. The number of hydrogen-bond donors (Lipinski definition) is 1. The zero-order chi connectivity index (χ0) is 24.0. The monoisotopic (exact) mass is 500 g/mol. The Labute approximate surface area is 206 Å². The van der Waals surface area contributed by atoms with E-state index in [4.69, 9.17) is 23.2 Å². The van der Waals surface area contributed by atoms with Crippen LogP contribution in [-0.2, 0) is 16.1 Å². The second kappa shape index (κ2) is 9.09. The number of fused-ring (bicyclic) bond motifs is 1. The van der Waals surface area contributed by atoms with Crippen LogP contribution >= 0.6 is 23.2 Å². The van der Waals surface area contributed by atoms with Crippen LogP contribution in [0.1, 0.15) is 63.6 Å². The number of hydrogen-bond acceptors (Lipinski definition) is 6. The summed E-state index contributed by atoms with van der Waals surface area (Å²) < 4.78 is 0. The van der Waals surface area contributed by atoms with Crippen LogP contribution in [-0.4, -0.2) is 57.5 Å². The molecule has 2 aromatic rings. The molecule has 1 atom stereocenters. The van der Waals surface area contributed by atoms with Crippen molar-refractivity contribution < 1.29 is 19.2 Å². The van der Waals surface area contributed by atoms with Crippen LogP contribution in [0.3, 0.4) is 0 Å². The van der Waals surface area contributed by atoms with E-state index in [9.17, 15) is 19.2 Å². The molecular weight excluding hydrogens is 479 g/mol. The molecule has 1 aromatic heterocycles. The van der Waals surface area contributed by atoms with Crippen LogP contribution in [0, 0.1) is 0 Å². The SMILES string of the molecule is O=C1CCC(N2C(=O)c3ccc(CN4CCC(c5nccc(Cl)c5Cl)CC4)cc3C2=O)C(=O)N1. The molecule has 0 bridgehead atoms. The Bertz CT molecular complexity index is 1210. The zero-order valence-corrected chi connectivity index (χ0v) is 19.7. The molecular formula is C24H22Cl2N4O4. The number of amides is 4. The zero-order valence-electron chi connectivity index (χ0n) is 18.2. The van der Waals surface area contributed by atoms with E-state index in [0.717, 1.165) is 42.1 Å². The van der Waals surface area contributed by atoms with Crippen molar-refractivity contribution in [3.8, 4) is 0 Å². The minimum Gasteiger partial charge on any atom is -0.299 e. The molecule has 2 saturated heterocycles. The number of pyridine rings is 1. The highest BCUT2D eigenvalue weighted by Gasteiger charge is 2.44. The van der Waals surface area contributed by atoms with Crippen molar-refractivity contribution in [2.24, 2.45) is 0 Å². The summed E-state index contributed by atoms with van der Waals surface area (Å²) in [5.74, 6) is -1.74. The van der Waals surface area contributed by atoms with Gasteiger partial charge in [0, 0.05) is 25.1 Å². The summed E-state index contributed by atoms with van der Waals surface area (Å²) in [5.41, 5.74) is 2.35. The summed E-state index contributed by atoms with van der Waals surface area (Å²) in [7, 11) is 0. The van der Waals surface area contributed by atoms with Crippen LogP contribution in [0.4, 0.5) is 0 Å². The van der Waals surface area contributed by atoms with Gasteiger partial charge in [-0.1, -0.05) is 29.3 Å². The number of rotatable bonds is 4. The molecule has 34 heavy (non-hydrogen) atoms. The fourth-order valence-electron chi connectivity index (χ4n) is 4.96. The second-order valence-electron chi connectivity index (χ2n) is 8.87. The fourth-order valence-corrected chi connectivity index (χ4v) is 5.38. The van der Waals surface area contributed by atoms with Crippen LogP contribution in [0.25, 0.3) is 0 Å². The molecule has 0 spiro atoms. The highest BCUT2D eigenvalue weighted by atomic mass is 35.5. The van der Waals surface area contributed by atoms with Crippen molar-refractivity contribution in [3.05, 3.63) is 62.9 Å². The van der Waals surface area contributed by atoms with E-state index < -0.39 is 29.7 Å². The summed E-state index contributed by atoms with van der Waals surface area (Å²) >= 11 is 12.5. The molecule has 5 rings (SSSR count). The van der Waals surface area contributed by atoms with Gasteiger partial charge in [-0.2, -0.15) is 0 Å². The van der Waals surface area contributed by atoms with Gasteiger partial charge in [-0.3, -0.25) is 39.3 Å². The Morgan fingerprint density at radius 3 is 2.44 bits per heavy atom. The number of piperidine rings is 2. The van der Waals surface area contributed by atoms with E-state index >= 15 is 0 Å². The fraction of sp³-hybridized carbons (Fsp3) is 0.375. The molecule has 10 heteroatoms. The average Bonchev–Trinajstić information content (AvgIpc) is 3.06. The van der Waals surface area contributed by atoms with Gasteiger partial charge in [-0.25, -0.2) is 0 Å². The van der Waals surface area contributed by atoms with Crippen molar-refractivity contribution in [1.29, 1.82) is 0 Å². The second-order valence-corrected chi connectivity index (χ2v) is 9.65. The molecule has 1 unspecified atom stereocenters. The van der Waals surface area contributed by atoms with Crippen molar-refractivity contribution in [3.63, 3.8) is 0 Å². The van der Waals surface area contributed by atoms with Crippen molar-refractivity contribution in [2.75, 3.05) is 13.1 Å². The molecule has 3 aliphatic rings. The van der Waals surface area contributed by atoms with E-state index in [0.29, 0.717) is 27.7 Å². The molecule has 0 radical (unpaired) electrons. The third kappa shape index (κ3) is 4.10. The smallest absolute Gasteiger partial charge is 0.262 e. The lowest BCUT2D eigenvalue weighted by Crippen LogP contribution is -2.54. The predicted octanol–water partition coefficient (Wildman–Crippen LogP) is 3.17. The maximum absolute atomic E-state index is 13.0. The van der Waals surface area contributed by atoms with Crippen LogP contribution in [0.15, 0.2) is 30.5 Å². The Morgan fingerprint density at radius 2 is 1.71 bits per heavy atom. The minimum absolute atomic E-state index is 0.0981. The van der Waals surface area contributed by atoms with Crippen molar-refractivity contribution >= 4 is 46.8 Å². The molecule has 4 amide bonds. The van der Waals surface area contributed by atoms with Gasteiger partial charge in [0.05, 0.1) is 26.9 Å². The first-order valence-corrected chi connectivity index (χ1v) is 12.0. The maximum atomic E-state index is 13.0. The summed E-state index contributed by atoms with van der Waals surface area (Å²) in [5, 5.41) is 3.24. The highest BCUT2D eigenvalue weighted by molar-refractivity contribution is 6.42. The lowest BCUT2D eigenvalue weighted by atomic mass is 9.92. The first-order chi connectivity index (χ1) is 16.3. The Morgan fingerprint density at radius 1 is 0.971 bits per heavy atom. The van der Waals surface area contributed by atoms with Crippen molar-refractivity contribution in [2.45, 2.75) is 44.2 Å². The van der Waals surface area contributed by atoms with Gasteiger partial charge in [0.2, 0.25) is 11.8 Å². The van der Waals surface area contributed by atoms with Gasteiger partial charge in [-0.15, -0.1) is 0 Å². The highest BCUT2D eigenvalue weighted by Crippen LogP contribution is 2.35. The van der Waals surface area contributed by atoms with E-state index in [1.165, 1.54) is 0 Å². The number of carbonyl (C=O) groups is 4. The molecule has 2 fully saturated rings. The molecule has 0 aliphatic carbocycles. The van der Waals surface area contributed by atoms with Crippen LogP contribution < -0.4 is 5.32 Å². The molecule has 3 aliphatic heterocycles.